The maximum absolute atomic E-state index is 12.3. The second-order valence-electron chi connectivity index (χ2n) is 2.85. The summed E-state index contributed by atoms with van der Waals surface area (Å²) in [6.07, 6.45) is -1.72. The van der Waals surface area contributed by atoms with E-state index >= 15 is 0 Å². The fraction of sp³-hybridized carbons (Fsp3) is 0.333. The van der Waals surface area contributed by atoms with Crippen LogP contribution < -0.4 is 0 Å². The first-order valence-electron chi connectivity index (χ1n) is 3.96. The van der Waals surface area contributed by atoms with Gasteiger partial charge >= 0.3 is 5.97 Å². The van der Waals surface area contributed by atoms with Gasteiger partial charge in [-0.2, -0.15) is 0 Å². The summed E-state index contributed by atoms with van der Waals surface area (Å²) in [7, 11) is 0. The van der Waals surface area contributed by atoms with Gasteiger partial charge in [-0.3, -0.25) is 9.78 Å². The summed E-state index contributed by atoms with van der Waals surface area (Å²) < 4.78 is 24.7. The number of carboxylic acid groups (broad SMARTS) is 1. The van der Waals surface area contributed by atoms with Gasteiger partial charge in [0, 0.05) is 6.20 Å². The molecule has 0 saturated carbocycles. The minimum absolute atomic E-state index is 0.255. The molecule has 1 heterocycles. The maximum atomic E-state index is 12.3. The van der Waals surface area contributed by atoms with Crippen LogP contribution in [0.5, 0.6) is 0 Å². The van der Waals surface area contributed by atoms with Gasteiger partial charge in [-0.05, 0) is 24.1 Å². The fourth-order valence-corrected chi connectivity index (χ4v) is 1.17. The van der Waals surface area contributed by atoms with Gasteiger partial charge in [0.1, 0.15) is 5.69 Å². The van der Waals surface area contributed by atoms with Crippen molar-refractivity contribution in [2.45, 2.75) is 19.8 Å². The molecule has 0 spiro atoms. The van der Waals surface area contributed by atoms with Crippen molar-refractivity contribution < 1.29 is 18.7 Å². The zero-order valence-corrected chi connectivity index (χ0v) is 7.50. The van der Waals surface area contributed by atoms with Crippen LogP contribution in [0.1, 0.15) is 23.2 Å². The molecule has 0 radical (unpaired) electrons. The standard InChI is InChI=1S/C9H9F2NO2/c1-5-6(4-7(13)14)2-3-12-8(5)9(10)11/h2-3,9H,4H2,1H3,(H,13,14). The average molecular weight is 201 g/mol. The number of pyridine rings is 1. The van der Waals surface area contributed by atoms with Gasteiger partial charge in [-0.1, -0.05) is 0 Å². The molecular formula is C9H9F2NO2. The van der Waals surface area contributed by atoms with Crippen molar-refractivity contribution in [2.24, 2.45) is 0 Å². The lowest BCUT2D eigenvalue weighted by molar-refractivity contribution is -0.136. The Morgan fingerprint density at radius 1 is 1.64 bits per heavy atom. The molecular weight excluding hydrogens is 192 g/mol. The normalized spacial score (nSPS) is 10.6. The lowest BCUT2D eigenvalue weighted by Crippen LogP contribution is -2.05. The molecule has 14 heavy (non-hydrogen) atoms. The number of nitrogens with zero attached hydrogens (tertiary/aromatic N) is 1. The monoisotopic (exact) mass is 201 g/mol. The number of carbonyl (C=O) groups is 1. The van der Waals surface area contributed by atoms with Gasteiger partial charge in [0.05, 0.1) is 6.42 Å². The van der Waals surface area contributed by atoms with Gasteiger partial charge in [0.15, 0.2) is 0 Å². The van der Waals surface area contributed by atoms with Crippen LogP contribution >= 0.6 is 0 Å². The Hall–Kier alpha value is -1.52. The quantitative estimate of drug-likeness (QED) is 0.813. The molecule has 0 bridgehead atoms. The van der Waals surface area contributed by atoms with E-state index in [0.29, 0.717) is 5.56 Å². The van der Waals surface area contributed by atoms with E-state index in [-0.39, 0.29) is 17.7 Å². The topological polar surface area (TPSA) is 50.2 Å². The molecule has 1 aromatic rings. The summed E-state index contributed by atoms with van der Waals surface area (Å²) in [6.45, 7) is 1.45. The Morgan fingerprint density at radius 2 is 2.29 bits per heavy atom. The third-order valence-corrected chi connectivity index (χ3v) is 1.90. The lowest BCUT2D eigenvalue weighted by atomic mass is 10.1. The van der Waals surface area contributed by atoms with E-state index in [9.17, 15) is 13.6 Å². The van der Waals surface area contributed by atoms with Gasteiger partial charge < -0.3 is 5.11 Å². The summed E-state index contributed by atoms with van der Waals surface area (Å²) in [5.74, 6) is -1.04. The SMILES string of the molecule is Cc1c(CC(=O)O)ccnc1C(F)F. The highest BCUT2D eigenvalue weighted by Gasteiger charge is 2.15. The summed E-state index contributed by atoms with van der Waals surface area (Å²) in [6, 6.07) is 1.44. The largest absolute Gasteiger partial charge is 0.481 e. The van der Waals surface area contributed by atoms with E-state index in [1.165, 1.54) is 19.2 Å². The van der Waals surface area contributed by atoms with Gasteiger partial charge in [-0.15, -0.1) is 0 Å². The van der Waals surface area contributed by atoms with Crippen LogP contribution in [0.25, 0.3) is 0 Å². The Kier molecular flexibility index (Phi) is 3.11. The predicted molar refractivity (Wildman–Crippen MR) is 45.3 cm³/mol. The molecule has 0 aliphatic rings. The second kappa shape index (κ2) is 4.13. The molecule has 0 saturated heterocycles. The molecule has 0 aliphatic heterocycles. The number of hydrogen-bond acceptors (Lipinski definition) is 2. The molecule has 0 amide bonds. The van der Waals surface area contributed by atoms with Crippen LogP contribution in [0.4, 0.5) is 8.78 Å². The predicted octanol–water partition coefficient (Wildman–Crippen LogP) is 1.95. The molecule has 76 valence electrons. The van der Waals surface area contributed by atoms with E-state index in [1.54, 1.807) is 0 Å². The molecule has 1 N–H and O–H groups in total. The number of alkyl halides is 2. The van der Waals surface area contributed by atoms with Crippen LogP contribution in [0.3, 0.4) is 0 Å². The summed E-state index contributed by atoms with van der Waals surface area (Å²) in [5, 5.41) is 8.51. The minimum atomic E-state index is -2.66. The Morgan fingerprint density at radius 3 is 2.79 bits per heavy atom. The van der Waals surface area contributed by atoms with Crippen molar-refractivity contribution in [1.82, 2.24) is 4.98 Å². The van der Waals surface area contributed by atoms with Gasteiger partial charge in [0.2, 0.25) is 0 Å². The number of aromatic nitrogens is 1. The van der Waals surface area contributed by atoms with E-state index < -0.39 is 12.4 Å². The van der Waals surface area contributed by atoms with Gasteiger partial charge in [0.25, 0.3) is 6.43 Å². The number of aliphatic carboxylic acids is 1. The first-order chi connectivity index (χ1) is 6.52. The zero-order chi connectivity index (χ0) is 10.7. The Bertz CT molecular complexity index is 353. The summed E-state index contributed by atoms with van der Waals surface area (Å²) >= 11 is 0. The first-order valence-corrected chi connectivity index (χ1v) is 3.96. The average Bonchev–Trinajstić information content (AvgIpc) is 2.07. The third-order valence-electron chi connectivity index (χ3n) is 1.90. The Balaban J connectivity index is 3.07. The highest BCUT2D eigenvalue weighted by atomic mass is 19.3. The van der Waals surface area contributed by atoms with Crippen LogP contribution in [0.2, 0.25) is 0 Å². The lowest BCUT2D eigenvalue weighted by Gasteiger charge is -2.07. The zero-order valence-electron chi connectivity index (χ0n) is 7.50. The number of rotatable bonds is 3. The molecule has 1 aromatic heterocycles. The minimum Gasteiger partial charge on any atom is -0.481 e. The smallest absolute Gasteiger partial charge is 0.307 e. The van der Waals surface area contributed by atoms with Crippen molar-refractivity contribution in [3.8, 4) is 0 Å². The third kappa shape index (κ3) is 2.25. The van der Waals surface area contributed by atoms with Crippen molar-refractivity contribution in [1.29, 1.82) is 0 Å². The highest BCUT2D eigenvalue weighted by molar-refractivity contribution is 5.70. The van der Waals surface area contributed by atoms with E-state index in [2.05, 4.69) is 4.98 Å². The highest BCUT2D eigenvalue weighted by Crippen LogP contribution is 2.22. The van der Waals surface area contributed by atoms with Crippen LogP contribution in [-0.4, -0.2) is 16.1 Å². The van der Waals surface area contributed by atoms with Crippen molar-refractivity contribution in [2.75, 3.05) is 0 Å². The van der Waals surface area contributed by atoms with Crippen LogP contribution in [0, 0.1) is 6.92 Å². The second-order valence-corrected chi connectivity index (χ2v) is 2.85. The molecule has 1 rings (SSSR count). The van der Waals surface area contributed by atoms with Crippen LogP contribution in [-0.2, 0) is 11.2 Å². The maximum Gasteiger partial charge on any atom is 0.307 e. The van der Waals surface area contributed by atoms with Crippen molar-refractivity contribution in [3.05, 3.63) is 29.1 Å². The number of carboxylic acids is 1. The number of halogens is 2. The summed E-state index contributed by atoms with van der Waals surface area (Å²) in [4.78, 5) is 13.9. The number of hydrogen-bond donors (Lipinski definition) is 1. The summed E-state index contributed by atoms with van der Waals surface area (Å²) in [5.41, 5.74) is 0.288. The van der Waals surface area contributed by atoms with E-state index in [4.69, 9.17) is 5.11 Å². The molecule has 0 fully saturated rings. The van der Waals surface area contributed by atoms with Crippen molar-refractivity contribution in [3.63, 3.8) is 0 Å². The van der Waals surface area contributed by atoms with Crippen molar-refractivity contribution >= 4 is 5.97 Å². The van der Waals surface area contributed by atoms with Crippen LogP contribution in [0.15, 0.2) is 12.3 Å². The Labute approximate surface area is 79.4 Å². The molecule has 3 nitrogen and oxygen atoms in total. The molecule has 0 unspecified atom stereocenters. The molecule has 0 aromatic carbocycles. The fourth-order valence-electron chi connectivity index (χ4n) is 1.17. The first kappa shape index (κ1) is 10.6. The van der Waals surface area contributed by atoms with E-state index in [0.717, 1.165) is 0 Å². The molecule has 0 aliphatic carbocycles. The molecule has 0 atom stereocenters. The molecule has 5 heteroatoms. The van der Waals surface area contributed by atoms with E-state index in [1.807, 2.05) is 0 Å². The van der Waals surface area contributed by atoms with Gasteiger partial charge in [-0.25, -0.2) is 8.78 Å².